The van der Waals surface area contributed by atoms with Crippen molar-refractivity contribution >= 4 is 0 Å². The summed E-state index contributed by atoms with van der Waals surface area (Å²) in [5, 5.41) is 0. The van der Waals surface area contributed by atoms with Gasteiger partial charge in [0, 0.05) is 0 Å². The molecule has 0 aliphatic rings. The Labute approximate surface area is 87.2 Å². The molecule has 0 aromatic rings. The van der Waals surface area contributed by atoms with Crippen LogP contribution >= 0.6 is 0 Å². The van der Waals surface area contributed by atoms with Crippen molar-refractivity contribution in [2.24, 2.45) is 5.92 Å². The van der Waals surface area contributed by atoms with Crippen LogP contribution in [0.3, 0.4) is 0 Å². The fourth-order valence-corrected chi connectivity index (χ4v) is 1.41. The van der Waals surface area contributed by atoms with Gasteiger partial charge >= 0.3 is 0 Å². The molecule has 1 heteroatoms. The van der Waals surface area contributed by atoms with Gasteiger partial charge in [-0.05, 0) is 37.0 Å². The molecule has 0 nitrogen and oxygen atoms in total. The third-order valence-corrected chi connectivity index (χ3v) is 2.39. The minimum Gasteiger partial charge on any atom is -0.207 e. The topological polar surface area (TPSA) is 0 Å². The summed E-state index contributed by atoms with van der Waals surface area (Å²) in [5.41, 5.74) is 1.07. The second-order valence-corrected chi connectivity index (χ2v) is 3.57. The second kappa shape index (κ2) is 7.54. The highest BCUT2D eigenvalue weighted by Crippen LogP contribution is 2.20. The van der Waals surface area contributed by atoms with E-state index in [0.29, 0.717) is 5.92 Å². The van der Waals surface area contributed by atoms with Crippen LogP contribution in [-0.2, 0) is 0 Å². The monoisotopic (exact) mass is 196 g/mol. The van der Waals surface area contributed by atoms with Crippen molar-refractivity contribution in [2.75, 3.05) is 0 Å². The fourth-order valence-electron chi connectivity index (χ4n) is 1.41. The Morgan fingerprint density at radius 1 is 1.50 bits per heavy atom. The average Bonchev–Trinajstić information content (AvgIpc) is 2.21. The van der Waals surface area contributed by atoms with Gasteiger partial charge in [-0.25, -0.2) is 4.39 Å². The molecular formula is C13H21F. The lowest BCUT2D eigenvalue weighted by Crippen LogP contribution is -1.97. The first-order chi connectivity index (χ1) is 6.65. The number of halogens is 1. The van der Waals surface area contributed by atoms with Crippen LogP contribution in [0.25, 0.3) is 0 Å². The van der Waals surface area contributed by atoms with Crippen molar-refractivity contribution < 1.29 is 4.39 Å². The molecule has 1 atom stereocenters. The Hall–Kier alpha value is -0.850. The van der Waals surface area contributed by atoms with E-state index in [2.05, 4.69) is 20.4 Å². The predicted molar refractivity (Wildman–Crippen MR) is 61.8 cm³/mol. The van der Waals surface area contributed by atoms with Crippen LogP contribution in [0, 0.1) is 5.92 Å². The van der Waals surface area contributed by atoms with Crippen LogP contribution in [0.15, 0.2) is 36.2 Å². The van der Waals surface area contributed by atoms with Gasteiger partial charge in [0.25, 0.3) is 0 Å². The number of hydrogen-bond donors (Lipinski definition) is 0. The smallest absolute Gasteiger partial charge is 0.122 e. The van der Waals surface area contributed by atoms with Gasteiger partial charge < -0.3 is 0 Å². The zero-order chi connectivity index (χ0) is 11.0. The minimum absolute atomic E-state index is 0.249. The summed E-state index contributed by atoms with van der Waals surface area (Å²) in [7, 11) is 0. The Kier molecular flexibility index (Phi) is 7.09. The molecule has 1 unspecified atom stereocenters. The van der Waals surface area contributed by atoms with Gasteiger partial charge in [0.1, 0.15) is 5.83 Å². The molecule has 80 valence electrons. The number of hydrogen-bond acceptors (Lipinski definition) is 0. The van der Waals surface area contributed by atoms with Crippen molar-refractivity contribution in [3.8, 4) is 0 Å². The molecular weight excluding hydrogens is 175 g/mol. The average molecular weight is 196 g/mol. The van der Waals surface area contributed by atoms with Crippen LogP contribution in [0.4, 0.5) is 4.39 Å². The molecule has 0 N–H and O–H groups in total. The molecule has 0 fully saturated rings. The molecule has 0 aliphatic heterocycles. The van der Waals surface area contributed by atoms with Crippen molar-refractivity contribution in [3.05, 3.63) is 36.2 Å². The lowest BCUT2D eigenvalue weighted by Gasteiger charge is -2.11. The first-order valence-corrected chi connectivity index (χ1v) is 5.31. The van der Waals surface area contributed by atoms with Gasteiger partial charge in [0.05, 0.1) is 0 Å². The van der Waals surface area contributed by atoms with Crippen LogP contribution in [0.1, 0.15) is 40.0 Å². The molecule has 0 aromatic heterocycles. The lowest BCUT2D eigenvalue weighted by atomic mass is 9.94. The van der Waals surface area contributed by atoms with Crippen molar-refractivity contribution in [1.82, 2.24) is 0 Å². The van der Waals surface area contributed by atoms with Crippen LogP contribution in [0.2, 0.25) is 0 Å². The molecule has 0 saturated heterocycles. The zero-order valence-corrected chi connectivity index (χ0v) is 9.52. The van der Waals surface area contributed by atoms with Crippen molar-refractivity contribution in [3.63, 3.8) is 0 Å². The first-order valence-electron chi connectivity index (χ1n) is 5.31. The highest BCUT2D eigenvalue weighted by Gasteiger charge is 2.05. The Bertz CT molecular complexity index is 223. The van der Waals surface area contributed by atoms with E-state index in [-0.39, 0.29) is 5.83 Å². The van der Waals surface area contributed by atoms with E-state index in [1.807, 2.05) is 13.0 Å². The highest BCUT2D eigenvalue weighted by molar-refractivity contribution is 5.26. The summed E-state index contributed by atoms with van der Waals surface area (Å²) < 4.78 is 13.0. The maximum Gasteiger partial charge on any atom is 0.122 e. The Morgan fingerprint density at radius 3 is 2.57 bits per heavy atom. The molecule has 14 heavy (non-hydrogen) atoms. The van der Waals surface area contributed by atoms with Crippen LogP contribution in [0.5, 0.6) is 0 Å². The minimum atomic E-state index is -0.249. The Balaban J connectivity index is 4.35. The maximum atomic E-state index is 13.0. The molecule has 0 aliphatic carbocycles. The van der Waals surface area contributed by atoms with E-state index in [0.717, 1.165) is 12.0 Å². The van der Waals surface area contributed by atoms with E-state index in [4.69, 9.17) is 0 Å². The summed E-state index contributed by atoms with van der Waals surface area (Å²) in [6.07, 6.45) is 8.31. The van der Waals surface area contributed by atoms with Gasteiger partial charge in [0.2, 0.25) is 0 Å². The van der Waals surface area contributed by atoms with E-state index in [1.54, 1.807) is 6.08 Å². The summed E-state index contributed by atoms with van der Waals surface area (Å²) in [6.45, 7) is 9.65. The molecule has 0 amide bonds. The molecule has 0 heterocycles. The van der Waals surface area contributed by atoms with Gasteiger partial charge in [-0.1, -0.05) is 39.3 Å². The van der Waals surface area contributed by atoms with E-state index in [9.17, 15) is 4.39 Å². The normalized spacial score (nSPS) is 15.4. The van der Waals surface area contributed by atoms with E-state index >= 15 is 0 Å². The summed E-state index contributed by atoms with van der Waals surface area (Å²) in [6, 6.07) is 0. The first kappa shape index (κ1) is 13.2. The van der Waals surface area contributed by atoms with Gasteiger partial charge in [-0.2, -0.15) is 0 Å². The predicted octanol–water partition coefficient (Wildman–Crippen LogP) is 4.80. The maximum absolute atomic E-state index is 13.0. The van der Waals surface area contributed by atoms with E-state index in [1.165, 1.54) is 18.9 Å². The summed E-state index contributed by atoms with van der Waals surface area (Å²) >= 11 is 0. The summed E-state index contributed by atoms with van der Waals surface area (Å²) in [4.78, 5) is 0. The van der Waals surface area contributed by atoms with E-state index < -0.39 is 0 Å². The highest BCUT2D eigenvalue weighted by atomic mass is 19.1. The van der Waals surface area contributed by atoms with Crippen molar-refractivity contribution in [1.29, 1.82) is 0 Å². The second-order valence-electron chi connectivity index (χ2n) is 3.57. The third-order valence-electron chi connectivity index (χ3n) is 2.39. The van der Waals surface area contributed by atoms with Crippen molar-refractivity contribution in [2.45, 2.75) is 40.0 Å². The standard InChI is InChI=1S/C13H21F/c1-5-8-9-11(4)12(6-2)10-13(14)7-3/h6-7,10-11H,3,5,8-9H2,1-2,4H3/b12-6+,13-10+. The summed E-state index contributed by atoms with van der Waals surface area (Å²) in [5.74, 6) is 0.187. The van der Waals surface area contributed by atoms with Gasteiger partial charge in [0.15, 0.2) is 0 Å². The number of rotatable bonds is 6. The van der Waals surface area contributed by atoms with Gasteiger partial charge in [-0.3, -0.25) is 0 Å². The van der Waals surface area contributed by atoms with Crippen LogP contribution in [-0.4, -0.2) is 0 Å². The number of allylic oxidation sites excluding steroid dienone is 5. The molecule has 0 radical (unpaired) electrons. The SMILES string of the molecule is C=C/C(F)=C\C(=C/C)C(C)CCCC. The van der Waals surface area contributed by atoms with Gasteiger partial charge in [-0.15, -0.1) is 0 Å². The third kappa shape index (κ3) is 5.00. The molecule has 0 spiro atoms. The fraction of sp³-hybridized carbons (Fsp3) is 0.538. The molecule has 0 saturated carbocycles. The van der Waals surface area contributed by atoms with Crippen LogP contribution < -0.4 is 0 Å². The molecule has 0 rings (SSSR count). The quantitative estimate of drug-likeness (QED) is 0.535. The number of unbranched alkanes of at least 4 members (excludes halogenated alkanes) is 1. The molecule has 0 bridgehead atoms. The Morgan fingerprint density at radius 2 is 2.14 bits per heavy atom. The zero-order valence-electron chi connectivity index (χ0n) is 9.52. The molecule has 0 aromatic carbocycles. The largest absolute Gasteiger partial charge is 0.207 e. The lowest BCUT2D eigenvalue weighted by molar-refractivity contribution is 0.575.